The smallest absolute Gasteiger partial charge is 0.188 e. The molecule has 18 heavy (non-hydrogen) atoms. The molecule has 0 aliphatic rings. The third kappa shape index (κ3) is 4.14. The first kappa shape index (κ1) is 17.7. The van der Waals surface area contributed by atoms with Gasteiger partial charge >= 0.3 is 0 Å². The van der Waals surface area contributed by atoms with Crippen LogP contribution in [-0.2, 0) is 20.5 Å². The van der Waals surface area contributed by atoms with Gasteiger partial charge in [-0.2, -0.15) is 0 Å². The van der Waals surface area contributed by atoms with Crippen molar-refractivity contribution in [2.24, 2.45) is 0 Å². The summed E-state index contributed by atoms with van der Waals surface area (Å²) in [6.07, 6.45) is -7.64. The van der Waals surface area contributed by atoms with Gasteiger partial charge in [0.25, 0.3) is 0 Å². The molecule has 4 N–H and O–H groups in total. The van der Waals surface area contributed by atoms with E-state index in [1.54, 1.807) is 0 Å². The molecule has 10 heteroatoms. The van der Waals surface area contributed by atoms with Crippen LogP contribution in [0.4, 0.5) is 0 Å². The lowest BCUT2D eigenvalue weighted by molar-refractivity contribution is -0.0959. The molecule has 0 amide bonds. The minimum Gasteiger partial charge on any atom is -0.391 e. The van der Waals surface area contributed by atoms with Crippen LogP contribution in [0.2, 0.25) is 0 Å². The fourth-order valence-electron chi connectivity index (χ4n) is 1.30. The molecule has 110 valence electrons. The molecular formula is C8H18O8S2. The summed E-state index contributed by atoms with van der Waals surface area (Å²) in [5.74, 6) is -0.546. The Hall–Kier alpha value is -0.260. The number of rotatable bonds is 7. The molecule has 0 saturated heterocycles. The van der Waals surface area contributed by atoms with Crippen LogP contribution in [-0.4, -0.2) is 72.0 Å². The second-order valence-electron chi connectivity index (χ2n) is 3.84. The zero-order chi connectivity index (χ0) is 14.7. The Labute approximate surface area is 107 Å². The Morgan fingerprint density at radius 1 is 1.00 bits per heavy atom. The number of aliphatic hydroxyl groups is 4. The Morgan fingerprint density at radius 3 is 1.72 bits per heavy atom. The first-order valence-electron chi connectivity index (χ1n) is 5.13. The second-order valence-corrected chi connectivity index (χ2v) is 7.73. The highest BCUT2D eigenvalue weighted by molar-refractivity contribution is 8.02. The minimum absolute atomic E-state index is 0.546. The van der Waals surface area contributed by atoms with Crippen molar-refractivity contribution in [3.05, 3.63) is 0 Å². The van der Waals surface area contributed by atoms with E-state index in [1.807, 2.05) is 0 Å². The molecule has 1 unspecified atom stereocenters. The third-order valence-corrected chi connectivity index (χ3v) is 6.48. The van der Waals surface area contributed by atoms with Gasteiger partial charge in [-0.1, -0.05) is 6.92 Å². The average molecular weight is 306 g/mol. The van der Waals surface area contributed by atoms with Crippen LogP contribution in [0, 0.1) is 0 Å². The van der Waals surface area contributed by atoms with Crippen molar-refractivity contribution < 1.29 is 37.3 Å². The van der Waals surface area contributed by atoms with E-state index < -0.39 is 55.3 Å². The highest BCUT2D eigenvalue weighted by atomic mass is 32.3. The molecule has 0 aromatic heterocycles. The predicted molar refractivity (Wildman–Crippen MR) is 63.3 cm³/mol. The van der Waals surface area contributed by atoms with Gasteiger partial charge in [0, 0.05) is 5.75 Å². The maximum absolute atomic E-state index is 11.5. The van der Waals surface area contributed by atoms with Crippen LogP contribution in [0.25, 0.3) is 0 Å². The van der Waals surface area contributed by atoms with E-state index in [9.17, 15) is 32.2 Å². The van der Waals surface area contributed by atoms with Crippen LogP contribution in [0.3, 0.4) is 0 Å². The zero-order valence-electron chi connectivity index (χ0n) is 9.87. The number of aliphatic hydroxyl groups excluding tert-OH is 4. The maximum atomic E-state index is 11.5. The Bertz CT molecular complexity index is 418. The van der Waals surface area contributed by atoms with Crippen LogP contribution < -0.4 is 0 Å². The van der Waals surface area contributed by atoms with Crippen molar-refractivity contribution in [1.29, 1.82) is 0 Å². The summed E-state index contributed by atoms with van der Waals surface area (Å²) in [6, 6.07) is 0. The van der Waals surface area contributed by atoms with Crippen molar-refractivity contribution in [3.63, 3.8) is 0 Å². The van der Waals surface area contributed by atoms with E-state index in [0.29, 0.717) is 0 Å². The lowest BCUT2D eigenvalue weighted by Gasteiger charge is -2.27. The second kappa shape index (κ2) is 6.78. The van der Waals surface area contributed by atoms with E-state index in [1.165, 1.54) is 6.92 Å². The summed E-state index contributed by atoms with van der Waals surface area (Å²) in [5, 5.41) is 37.3. The summed E-state index contributed by atoms with van der Waals surface area (Å²) in [6.45, 7) is 2.28. The molecule has 0 aliphatic carbocycles. The number of hydrogen-bond acceptors (Lipinski definition) is 8. The summed E-state index contributed by atoms with van der Waals surface area (Å²) < 4.78 is 42.5. The van der Waals surface area contributed by atoms with Crippen molar-refractivity contribution in [2.75, 3.05) is 5.75 Å². The van der Waals surface area contributed by atoms with Crippen LogP contribution in [0.1, 0.15) is 13.8 Å². The van der Waals surface area contributed by atoms with E-state index in [0.717, 1.165) is 6.92 Å². The van der Waals surface area contributed by atoms with Gasteiger partial charge in [-0.15, -0.1) is 0 Å². The van der Waals surface area contributed by atoms with E-state index in [2.05, 4.69) is 0 Å². The molecule has 0 spiro atoms. The molecule has 0 saturated carbocycles. The van der Waals surface area contributed by atoms with Gasteiger partial charge in [-0.25, -0.2) is 16.8 Å². The predicted octanol–water partition coefficient (Wildman–Crippen LogP) is -3.18. The maximum Gasteiger partial charge on any atom is 0.188 e. The SMILES string of the molecule is CCS(=O)(=O)C([C@H](O)[C@H](O)[C@@H](O)[C@H](C)O)[SH](=O)=O. The molecule has 0 rings (SSSR count). The Morgan fingerprint density at radius 2 is 1.44 bits per heavy atom. The van der Waals surface area contributed by atoms with Crippen LogP contribution in [0.15, 0.2) is 0 Å². The summed E-state index contributed by atoms with van der Waals surface area (Å²) in [7, 11) is -7.73. The third-order valence-electron chi connectivity index (χ3n) is 2.46. The van der Waals surface area contributed by atoms with Gasteiger partial charge in [-0.3, -0.25) is 0 Å². The summed E-state index contributed by atoms with van der Waals surface area (Å²) >= 11 is 0. The quantitative estimate of drug-likeness (QED) is 0.309. The fraction of sp³-hybridized carbons (Fsp3) is 1.00. The van der Waals surface area contributed by atoms with Crippen molar-refractivity contribution in [3.8, 4) is 0 Å². The van der Waals surface area contributed by atoms with Gasteiger partial charge < -0.3 is 20.4 Å². The van der Waals surface area contributed by atoms with Crippen molar-refractivity contribution in [2.45, 2.75) is 42.8 Å². The summed E-state index contributed by atoms with van der Waals surface area (Å²) in [5.41, 5.74) is 0. The van der Waals surface area contributed by atoms with Crippen molar-refractivity contribution >= 4 is 20.5 Å². The number of hydrogen-bond donors (Lipinski definition) is 5. The van der Waals surface area contributed by atoms with Crippen LogP contribution in [0.5, 0.6) is 0 Å². The standard InChI is InChI=1S/C8H18O8S2/c1-3-18(15,16)8(17(13)14)7(12)6(11)5(10)4(2)9/h4-12,17H,3H2,1-2H3/t4-,5-,6+,7+,8?/m0/s1. The first-order chi connectivity index (χ1) is 8.06. The minimum atomic E-state index is -4.16. The zero-order valence-corrected chi connectivity index (χ0v) is 11.6. The largest absolute Gasteiger partial charge is 0.391 e. The molecule has 0 heterocycles. The van der Waals surface area contributed by atoms with Gasteiger partial charge in [0.2, 0.25) is 0 Å². The highest BCUT2D eigenvalue weighted by Gasteiger charge is 2.41. The molecule has 0 aliphatic heterocycles. The van der Waals surface area contributed by atoms with Crippen LogP contribution >= 0.6 is 0 Å². The molecular weight excluding hydrogens is 288 g/mol. The fourth-order valence-corrected chi connectivity index (χ4v) is 4.14. The molecule has 0 bridgehead atoms. The number of sulfone groups is 1. The molecule has 5 atom stereocenters. The van der Waals surface area contributed by atoms with Gasteiger partial charge in [0.05, 0.1) is 6.10 Å². The van der Waals surface area contributed by atoms with E-state index >= 15 is 0 Å². The van der Waals surface area contributed by atoms with Crippen molar-refractivity contribution in [1.82, 2.24) is 0 Å². The molecule has 0 fully saturated rings. The summed E-state index contributed by atoms with van der Waals surface area (Å²) in [4.78, 5) is 0. The average Bonchev–Trinajstić information content (AvgIpc) is 2.25. The lowest BCUT2D eigenvalue weighted by atomic mass is 10.1. The topological polar surface area (TPSA) is 149 Å². The lowest BCUT2D eigenvalue weighted by Crippen LogP contribution is -2.51. The molecule has 0 aromatic carbocycles. The number of thiol groups is 1. The van der Waals surface area contributed by atoms with E-state index in [-0.39, 0.29) is 0 Å². The normalized spacial score (nSPS) is 21.3. The highest BCUT2D eigenvalue weighted by Crippen LogP contribution is 2.15. The molecule has 0 radical (unpaired) electrons. The van der Waals surface area contributed by atoms with Gasteiger partial charge in [0.15, 0.2) is 25.1 Å². The van der Waals surface area contributed by atoms with E-state index in [4.69, 9.17) is 5.11 Å². The molecule has 0 aromatic rings. The Balaban J connectivity index is 5.30. The van der Waals surface area contributed by atoms with Gasteiger partial charge in [0.1, 0.15) is 18.3 Å². The Kier molecular flexibility index (Phi) is 6.68. The monoisotopic (exact) mass is 306 g/mol. The van der Waals surface area contributed by atoms with Gasteiger partial charge in [-0.05, 0) is 6.92 Å². The molecule has 8 nitrogen and oxygen atoms in total. The first-order valence-corrected chi connectivity index (χ1v) is 8.09.